The average molecular weight is 373 g/mol. The van der Waals surface area contributed by atoms with Crippen LogP contribution >= 0.6 is 0 Å². The third kappa shape index (κ3) is 3.39. The molecule has 0 bridgehead atoms. The van der Waals surface area contributed by atoms with Gasteiger partial charge in [-0.25, -0.2) is 0 Å². The zero-order valence-electron chi connectivity index (χ0n) is 9.03. The summed E-state index contributed by atoms with van der Waals surface area (Å²) in [5.74, 6) is -0.887. The van der Waals surface area contributed by atoms with E-state index in [2.05, 4.69) is 6.07 Å². The van der Waals surface area contributed by atoms with E-state index in [1.165, 1.54) is 13.8 Å². The maximum Gasteiger partial charge on any atom is 0.142 e. The fourth-order valence-electron chi connectivity index (χ4n) is 1.54. The molecular formula is C12H13O2W-. The molecule has 2 nitrogen and oxygen atoms in total. The molecule has 0 saturated heterocycles. The van der Waals surface area contributed by atoms with E-state index in [0.29, 0.717) is 5.56 Å². The van der Waals surface area contributed by atoms with Crippen LogP contribution in [0.5, 0.6) is 0 Å². The number of aryl methyl sites for hydroxylation is 1. The van der Waals surface area contributed by atoms with Gasteiger partial charge in [-0.3, -0.25) is 9.59 Å². The Hall–Kier alpha value is -0.752. The largest absolute Gasteiger partial charge is 0.299 e. The summed E-state index contributed by atoms with van der Waals surface area (Å²) >= 11 is 0. The molecule has 0 aliphatic carbocycles. The van der Waals surface area contributed by atoms with Gasteiger partial charge in [0.1, 0.15) is 11.6 Å². The maximum atomic E-state index is 11.3. The molecule has 3 heteroatoms. The van der Waals surface area contributed by atoms with Gasteiger partial charge in [-0.1, -0.05) is 6.92 Å². The molecule has 15 heavy (non-hydrogen) atoms. The summed E-state index contributed by atoms with van der Waals surface area (Å²) in [5, 5.41) is 0. The first-order valence-corrected chi connectivity index (χ1v) is 4.52. The predicted molar refractivity (Wildman–Crippen MR) is 54.1 cm³/mol. The van der Waals surface area contributed by atoms with Crippen LogP contribution in [0.4, 0.5) is 0 Å². The third-order valence-electron chi connectivity index (χ3n) is 2.21. The van der Waals surface area contributed by atoms with Crippen LogP contribution in [0, 0.1) is 13.0 Å². The van der Waals surface area contributed by atoms with Crippen LogP contribution in [0.15, 0.2) is 18.2 Å². The van der Waals surface area contributed by atoms with Gasteiger partial charge in [0.15, 0.2) is 0 Å². The van der Waals surface area contributed by atoms with Crippen LogP contribution in [0.3, 0.4) is 0 Å². The quantitative estimate of drug-likeness (QED) is 0.601. The number of carbonyl (C=O) groups excluding carboxylic acids is 2. The molecule has 0 spiro atoms. The van der Waals surface area contributed by atoms with Crippen LogP contribution in [-0.4, -0.2) is 11.6 Å². The summed E-state index contributed by atoms with van der Waals surface area (Å²) < 4.78 is 0. The van der Waals surface area contributed by atoms with Crippen LogP contribution < -0.4 is 0 Å². The van der Waals surface area contributed by atoms with E-state index in [1.54, 1.807) is 6.07 Å². The maximum absolute atomic E-state index is 11.3. The standard InChI is InChI=1S/C12H13O2.W/c1-8-6-4-5-7-11(8)12(9(2)13)10(3)14;/h4-6,12H,1-3H3;/q-1;. The fourth-order valence-corrected chi connectivity index (χ4v) is 1.54. The SMILES string of the molecule is CC(=O)C(C(C)=O)c1[c-]cccc1C.[W]. The van der Waals surface area contributed by atoms with E-state index in [4.69, 9.17) is 0 Å². The molecule has 0 aliphatic rings. The molecule has 0 saturated carbocycles. The summed E-state index contributed by atoms with van der Waals surface area (Å²) in [4.78, 5) is 22.6. The average Bonchev–Trinajstić information content (AvgIpc) is 2.07. The molecule has 1 aromatic rings. The number of hydrogen-bond acceptors (Lipinski definition) is 2. The van der Waals surface area contributed by atoms with Crippen molar-refractivity contribution in [1.82, 2.24) is 0 Å². The first-order valence-electron chi connectivity index (χ1n) is 4.52. The Morgan fingerprint density at radius 3 is 2.20 bits per heavy atom. The molecule has 0 unspecified atom stereocenters. The van der Waals surface area contributed by atoms with Crippen molar-refractivity contribution in [2.75, 3.05) is 0 Å². The van der Waals surface area contributed by atoms with Crippen molar-refractivity contribution in [1.29, 1.82) is 0 Å². The van der Waals surface area contributed by atoms with Crippen molar-refractivity contribution in [2.24, 2.45) is 0 Å². The van der Waals surface area contributed by atoms with E-state index in [0.717, 1.165) is 5.56 Å². The molecule has 1 aromatic carbocycles. The molecule has 0 aromatic heterocycles. The van der Waals surface area contributed by atoms with Crippen LogP contribution in [0.25, 0.3) is 0 Å². The molecule has 1 rings (SSSR count). The second-order valence-corrected chi connectivity index (χ2v) is 3.42. The third-order valence-corrected chi connectivity index (χ3v) is 2.21. The first-order chi connectivity index (χ1) is 6.54. The van der Waals surface area contributed by atoms with Crippen LogP contribution in [0.2, 0.25) is 0 Å². The molecule has 0 atom stereocenters. The van der Waals surface area contributed by atoms with E-state index in [9.17, 15) is 9.59 Å². The van der Waals surface area contributed by atoms with Gasteiger partial charge in [-0.15, -0.1) is 5.56 Å². The molecule has 0 amide bonds. The smallest absolute Gasteiger partial charge is 0.142 e. The summed E-state index contributed by atoms with van der Waals surface area (Å²) in [6, 6.07) is 8.40. The van der Waals surface area contributed by atoms with E-state index < -0.39 is 5.92 Å². The summed E-state index contributed by atoms with van der Waals surface area (Å²) in [5.41, 5.74) is 1.63. The van der Waals surface area contributed by atoms with E-state index in [1.807, 2.05) is 19.1 Å². The van der Waals surface area contributed by atoms with Gasteiger partial charge in [-0.05, 0) is 13.8 Å². The zero-order chi connectivity index (χ0) is 10.7. The minimum Gasteiger partial charge on any atom is -0.299 e. The van der Waals surface area contributed by atoms with Crippen LogP contribution in [-0.2, 0) is 30.7 Å². The van der Waals surface area contributed by atoms with Gasteiger partial charge in [0, 0.05) is 21.1 Å². The van der Waals surface area contributed by atoms with Gasteiger partial charge in [-0.2, -0.15) is 29.8 Å². The molecule has 0 heterocycles. The Balaban J connectivity index is 0.00000196. The molecule has 0 fully saturated rings. The molecular weight excluding hydrogens is 360 g/mol. The normalized spacial score (nSPS) is 9.60. The van der Waals surface area contributed by atoms with Gasteiger partial charge in [0.25, 0.3) is 0 Å². The molecule has 80 valence electrons. The number of hydrogen-bond donors (Lipinski definition) is 0. The monoisotopic (exact) mass is 373 g/mol. The second-order valence-electron chi connectivity index (χ2n) is 3.42. The van der Waals surface area contributed by atoms with E-state index in [-0.39, 0.29) is 32.6 Å². The van der Waals surface area contributed by atoms with Crippen molar-refractivity contribution < 1.29 is 30.7 Å². The predicted octanol–water partition coefficient (Wildman–Crippen LogP) is 2.05. The topological polar surface area (TPSA) is 34.1 Å². The Labute approximate surface area is 104 Å². The first kappa shape index (κ1) is 14.2. The van der Waals surface area contributed by atoms with E-state index >= 15 is 0 Å². The van der Waals surface area contributed by atoms with Gasteiger partial charge < -0.3 is 0 Å². The Morgan fingerprint density at radius 2 is 1.80 bits per heavy atom. The Morgan fingerprint density at radius 1 is 1.27 bits per heavy atom. The molecule has 0 radical (unpaired) electrons. The van der Waals surface area contributed by atoms with Crippen molar-refractivity contribution in [3.8, 4) is 0 Å². The van der Waals surface area contributed by atoms with Gasteiger partial charge in [0.05, 0.1) is 5.92 Å². The zero-order valence-corrected chi connectivity index (χ0v) is 12.0. The van der Waals surface area contributed by atoms with Gasteiger partial charge in [0.2, 0.25) is 0 Å². The number of Topliss-reactive ketones (excluding diaryl/α,β-unsaturated/α-hetero) is 2. The minimum absolute atomic E-state index is 0. The molecule has 0 N–H and O–H groups in total. The summed E-state index contributed by atoms with van der Waals surface area (Å²) in [6.45, 7) is 4.75. The number of carbonyl (C=O) groups is 2. The number of ketones is 2. The van der Waals surface area contributed by atoms with Crippen molar-refractivity contribution >= 4 is 11.6 Å². The second kappa shape index (κ2) is 5.97. The van der Waals surface area contributed by atoms with Crippen molar-refractivity contribution in [3.05, 3.63) is 35.4 Å². The molecule has 0 aliphatic heterocycles. The Kier molecular flexibility index (Phi) is 5.67. The minimum atomic E-state index is -0.642. The summed E-state index contributed by atoms with van der Waals surface area (Å²) in [6.07, 6.45) is 0. The van der Waals surface area contributed by atoms with Gasteiger partial charge >= 0.3 is 0 Å². The number of benzene rings is 1. The summed E-state index contributed by atoms with van der Waals surface area (Å²) in [7, 11) is 0. The Bertz CT molecular complexity index is 358. The van der Waals surface area contributed by atoms with Crippen LogP contribution in [0.1, 0.15) is 30.9 Å². The fraction of sp³-hybridized carbons (Fsp3) is 0.333. The number of rotatable bonds is 3. The van der Waals surface area contributed by atoms with Crippen molar-refractivity contribution in [3.63, 3.8) is 0 Å². The van der Waals surface area contributed by atoms with Crippen molar-refractivity contribution in [2.45, 2.75) is 26.7 Å².